The predicted octanol–water partition coefficient (Wildman–Crippen LogP) is 5.69. The normalized spacial score (nSPS) is 11.5. The topological polar surface area (TPSA) is 131 Å². The van der Waals surface area contributed by atoms with Gasteiger partial charge in [0.15, 0.2) is 5.13 Å². The second kappa shape index (κ2) is 16.2. The second-order valence-corrected chi connectivity index (χ2v) is 11.1. The summed E-state index contributed by atoms with van der Waals surface area (Å²) in [4.78, 5) is 34.1. The monoisotopic (exact) mass is 650 g/mol. The van der Waals surface area contributed by atoms with Gasteiger partial charge in [-0.25, -0.2) is 9.78 Å². The van der Waals surface area contributed by atoms with Gasteiger partial charge in [-0.2, -0.15) is 0 Å². The third-order valence-electron chi connectivity index (χ3n) is 7.20. The molecule has 0 aliphatic heterocycles. The van der Waals surface area contributed by atoms with Crippen LogP contribution in [0, 0.1) is 0 Å². The lowest BCUT2D eigenvalue weighted by Gasteiger charge is -2.36. The number of carboxylic acid groups (broad SMARTS) is 1. The molecule has 0 atom stereocenters. The number of rotatable bonds is 16. The molecule has 0 aliphatic rings. The van der Waals surface area contributed by atoms with E-state index in [0.717, 1.165) is 28.0 Å². The molecule has 10 nitrogen and oxygen atoms in total. The summed E-state index contributed by atoms with van der Waals surface area (Å²) in [7, 11) is 1.59. The van der Waals surface area contributed by atoms with E-state index < -0.39 is 11.5 Å². The van der Waals surface area contributed by atoms with E-state index in [2.05, 4.69) is 20.8 Å². The maximum Gasteiger partial charge on any atom is 0.360 e. The van der Waals surface area contributed by atoms with Crippen LogP contribution < -0.4 is 15.4 Å². The number of aliphatic carboxylic acids is 1. The molecule has 0 saturated heterocycles. The molecule has 0 bridgehead atoms. The summed E-state index contributed by atoms with van der Waals surface area (Å²) in [5, 5.41) is 22.1. The molecule has 0 radical (unpaired) electrons. The molecule has 1 aromatic heterocycles. The quantitative estimate of drug-likeness (QED) is 0.0537. The van der Waals surface area contributed by atoms with E-state index in [1.54, 1.807) is 12.5 Å². The summed E-state index contributed by atoms with van der Waals surface area (Å²) in [5.41, 5.74) is 2.82. The zero-order chi connectivity index (χ0) is 32.9. The van der Waals surface area contributed by atoms with Crippen LogP contribution in [0.1, 0.15) is 27.9 Å². The Hall–Kier alpha value is -5.52. The maximum absolute atomic E-state index is 12.1. The third-order valence-corrected chi connectivity index (χ3v) is 7.95. The Kier molecular flexibility index (Phi) is 11.3. The first kappa shape index (κ1) is 32.9. The van der Waals surface area contributed by atoms with Gasteiger partial charge in [-0.3, -0.25) is 4.79 Å². The number of methoxy groups -OCH3 is 1. The number of carbonyl (C=O) groups is 2. The van der Waals surface area contributed by atoms with Crippen molar-refractivity contribution in [3.63, 3.8) is 0 Å². The highest BCUT2D eigenvalue weighted by Gasteiger charge is 2.37. The molecule has 0 spiro atoms. The molecule has 0 unspecified atom stereocenters. The molecule has 3 N–H and O–H groups in total. The van der Waals surface area contributed by atoms with Crippen molar-refractivity contribution in [2.45, 2.75) is 12.1 Å². The zero-order valence-electron chi connectivity index (χ0n) is 25.7. The molecular weight excluding hydrogens is 616 g/mol. The second-order valence-electron chi connectivity index (χ2n) is 10.3. The fourth-order valence-corrected chi connectivity index (χ4v) is 5.71. The highest BCUT2D eigenvalue weighted by molar-refractivity contribution is 7.14. The smallest absolute Gasteiger partial charge is 0.360 e. The van der Waals surface area contributed by atoms with E-state index in [9.17, 15) is 14.7 Å². The average molecular weight is 651 g/mol. The fraction of sp³-hybridized carbons (Fsp3) is 0.167. The summed E-state index contributed by atoms with van der Waals surface area (Å²) < 4.78 is 10.6. The number of thiazole rings is 1. The number of anilines is 1. The molecule has 0 fully saturated rings. The number of carbonyl (C=O) groups excluding carboxylic acids is 1. The number of nitrogens with zero attached hydrogens (tertiary/aromatic N) is 2. The number of benzene rings is 4. The van der Waals surface area contributed by atoms with Gasteiger partial charge in [0.2, 0.25) is 11.6 Å². The number of nitrogens with one attached hydrogen (secondary N) is 2. The van der Waals surface area contributed by atoms with E-state index in [0.29, 0.717) is 5.13 Å². The standard InChI is InChI=1S/C36H34N4O6S/c1-44-30-19-17-26(18-20-30)23-45-24-32(41)37-21-22-46-40-33(34(42)43)31-25-47-35(38-31)39-36(27-11-5-2-6-12-27,28-13-7-3-8-14-28)29-15-9-4-10-16-29/h2-20,25H,21-24H2,1H3,(H,37,41)(H,38,39)(H,42,43)/b40-33-. The van der Waals surface area contributed by atoms with Gasteiger partial charge in [0.25, 0.3) is 0 Å². The van der Waals surface area contributed by atoms with Gasteiger partial charge in [0.05, 0.1) is 20.3 Å². The van der Waals surface area contributed by atoms with Crippen molar-refractivity contribution in [3.05, 3.63) is 149 Å². The average Bonchev–Trinajstić information content (AvgIpc) is 3.57. The minimum absolute atomic E-state index is 0.0463. The summed E-state index contributed by atoms with van der Waals surface area (Å²) in [6.07, 6.45) is 0. The SMILES string of the molecule is COc1ccc(COCC(=O)NCCO/N=C(\C(=O)O)c2csc(NC(c3ccccc3)(c3ccccc3)c3ccccc3)n2)cc1. The summed E-state index contributed by atoms with van der Waals surface area (Å²) in [6.45, 7) is 0.197. The zero-order valence-corrected chi connectivity index (χ0v) is 26.5. The van der Waals surface area contributed by atoms with Gasteiger partial charge in [-0.15, -0.1) is 11.3 Å². The fourth-order valence-electron chi connectivity index (χ4n) is 4.96. The van der Waals surface area contributed by atoms with Crippen LogP contribution in [-0.2, 0) is 31.3 Å². The van der Waals surface area contributed by atoms with Crippen molar-refractivity contribution in [1.29, 1.82) is 0 Å². The van der Waals surface area contributed by atoms with Gasteiger partial charge >= 0.3 is 5.97 Å². The van der Waals surface area contributed by atoms with E-state index >= 15 is 0 Å². The first-order valence-corrected chi connectivity index (χ1v) is 15.7. The van der Waals surface area contributed by atoms with Crippen LogP contribution in [0.25, 0.3) is 0 Å². The number of ether oxygens (including phenoxy) is 2. The van der Waals surface area contributed by atoms with Crippen molar-refractivity contribution in [2.75, 3.05) is 32.2 Å². The lowest BCUT2D eigenvalue weighted by atomic mass is 9.77. The minimum atomic E-state index is -1.29. The van der Waals surface area contributed by atoms with Crippen LogP contribution >= 0.6 is 11.3 Å². The molecule has 1 heterocycles. The molecule has 5 aromatic rings. The van der Waals surface area contributed by atoms with E-state index in [4.69, 9.17) is 14.3 Å². The van der Waals surface area contributed by atoms with Crippen molar-refractivity contribution in [2.24, 2.45) is 5.16 Å². The molecule has 1 amide bonds. The lowest BCUT2D eigenvalue weighted by molar-refractivity contribution is -0.129. The van der Waals surface area contributed by atoms with Gasteiger partial charge in [0.1, 0.15) is 30.2 Å². The van der Waals surface area contributed by atoms with Gasteiger partial charge < -0.3 is 30.1 Å². The molecule has 5 rings (SSSR count). The summed E-state index contributed by atoms with van der Waals surface area (Å²) in [6, 6.07) is 37.4. The third kappa shape index (κ3) is 8.40. The number of hydrogen-bond donors (Lipinski definition) is 3. The van der Waals surface area contributed by atoms with Crippen LogP contribution in [0.3, 0.4) is 0 Å². The van der Waals surface area contributed by atoms with Crippen molar-refractivity contribution in [3.8, 4) is 5.75 Å². The summed E-state index contributed by atoms with van der Waals surface area (Å²) in [5.74, 6) is -0.889. The molecule has 0 saturated carbocycles. The predicted molar refractivity (Wildman–Crippen MR) is 181 cm³/mol. The minimum Gasteiger partial charge on any atom is -0.497 e. The van der Waals surface area contributed by atoms with Gasteiger partial charge in [0, 0.05) is 5.38 Å². The number of amides is 1. The Labute approximate surface area is 276 Å². The Bertz CT molecular complexity index is 1670. The number of hydrogen-bond acceptors (Lipinski definition) is 9. The van der Waals surface area contributed by atoms with Gasteiger partial charge in [-0.05, 0) is 34.4 Å². The van der Waals surface area contributed by atoms with Crippen LogP contribution in [0.4, 0.5) is 5.13 Å². The largest absolute Gasteiger partial charge is 0.497 e. The van der Waals surface area contributed by atoms with Gasteiger partial charge in [-0.1, -0.05) is 108 Å². The van der Waals surface area contributed by atoms with Crippen LogP contribution in [0.5, 0.6) is 5.75 Å². The first-order valence-electron chi connectivity index (χ1n) is 14.8. The lowest BCUT2D eigenvalue weighted by Crippen LogP contribution is -2.38. The Morgan fingerprint density at radius 1 is 0.851 bits per heavy atom. The number of oxime groups is 1. The van der Waals surface area contributed by atoms with E-state index in [1.165, 1.54) is 11.3 Å². The van der Waals surface area contributed by atoms with E-state index in [-0.39, 0.29) is 43.7 Å². The Balaban J connectivity index is 1.24. The molecule has 47 heavy (non-hydrogen) atoms. The highest BCUT2D eigenvalue weighted by atomic mass is 32.1. The van der Waals surface area contributed by atoms with Crippen LogP contribution in [-0.4, -0.2) is 54.5 Å². The van der Waals surface area contributed by atoms with E-state index in [1.807, 2.05) is 115 Å². The molecule has 11 heteroatoms. The molecular formula is C36H34N4O6S. The van der Waals surface area contributed by atoms with Crippen molar-refractivity contribution in [1.82, 2.24) is 10.3 Å². The number of aromatic nitrogens is 1. The van der Waals surface area contributed by atoms with Crippen molar-refractivity contribution < 1.29 is 29.0 Å². The first-order chi connectivity index (χ1) is 23.0. The maximum atomic E-state index is 12.1. The highest BCUT2D eigenvalue weighted by Crippen LogP contribution is 2.40. The number of carboxylic acids is 1. The summed E-state index contributed by atoms with van der Waals surface area (Å²) >= 11 is 1.26. The Morgan fingerprint density at radius 3 is 1.96 bits per heavy atom. The van der Waals surface area contributed by atoms with Crippen LogP contribution in [0.15, 0.2) is 126 Å². The molecule has 0 aliphatic carbocycles. The Morgan fingerprint density at radius 2 is 1.43 bits per heavy atom. The van der Waals surface area contributed by atoms with Crippen LogP contribution in [0.2, 0.25) is 0 Å². The van der Waals surface area contributed by atoms with Crippen molar-refractivity contribution >= 4 is 34.1 Å². The molecule has 4 aromatic carbocycles. The molecule has 240 valence electrons.